The Balaban J connectivity index is 1.74. The third-order valence-corrected chi connectivity index (χ3v) is 4.08. The van der Waals surface area contributed by atoms with Crippen molar-refractivity contribution in [2.75, 3.05) is 18.6 Å². The van der Waals surface area contributed by atoms with Crippen LogP contribution >= 0.6 is 0 Å². The molecule has 0 saturated carbocycles. The second-order valence-electron chi connectivity index (χ2n) is 7.21. The highest BCUT2D eigenvalue weighted by Crippen LogP contribution is 2.33. The number of ether oxygens (including phenoxy) is 2. The second kappa shape index (κ2) is 8.72. The summed E-state index contributed by atoms with van der Waals surface area (Å²) < 4.78 is 11.0. The molecule has 150 valence electrons. The van der Waals surface area contributed by atoms with Crippen LogP contribution in [0.5, 0.6) is 11.5 Å². The van der Waals surface area contributed by atoms with Gasteiger partial charge < -0.3 is 19.9 Å². The van der Waals surface area contributed by atoms with Gasteiger partial charge in [-0.25, -0.2) is 4.79 Å². The van der Waals surface area contributed by atoms with Crippen molar-refractivity contribution < 1.29 is 19.4 Å². The van der Waals surface area contributed by atoms with Crippen molar-refractivity contribution >= 4 is 11.7 Å². The van der Waals surface area contributed by atoms with E-state index in [2.05, 4.69) is 17.2 Å². The predicted octanol–water partition coefficient (Wildman–Crippen LogP) is 3.31. The fourth-order valence-electron chi connectivity index (χ4n) is 2.64. The first-order valence-corrected chi connectivity index (χ1v) is 9.23. The van der Waals surface area contributed by atoms with Crippen LogP contribution in [-0.2, 0) is 0 Å². The number of nitrogens with one attached hydrogen (secondary N) is 1. The molecule has 0 bridgehead atoms. The highest BCUT2D eigenvalue weighted by molar-refractivity contribution is 5.95. The number of anilines is 1. The van der Waals surface area contributed by atoms with E-state index in [0.29, 0.717) is 17.2 Å². The van der Waals surface area contributed by atoms with E-state index in [-0.39, 0.29) is 18.7 Å². The van der Waals surface area contributed by atoms with Crippen molar-refractivity contribution in [3.63, 3.8) is 0 Å². The molecule has 2 amide bonds. The van der Waals surface area contributed by atoms with E-state index in [0.717, 1.165) is 5.56 Å². The summed E-state index contributed by atoms with van der Waals surface area (Å²) in [5.41, 5.74) is 0.555. The molecule has 1 aliphatic heterocycles. The first kappa shape index (κ1) is 20.3. The summed E-state index contributed by atoms with van der Waals surface area (Å²) in [7, 11) is 1.53. The van der Waals surface area contributed by atoms with Gasteiger partial charge in [0.15, 0.2) is 11.5 Å². The van der Waals surface area contributed by atoms with Gasteiger partial charge in [0.05, 0.1) is 18.4 Å². The van der Waals surface area contributed by atoms with Crippen molar-refractivity contribution in [2.24, 2.45) is 0 Å². The molecular formula is C23H24N2O4. The number of nitrogens with zero attached hydrogens (tertiary/aromatic N) is 1. The fourth-order valence-corrected chi connectivity index (χ4v) is 2.64. The maximum atomic E-state index is 12.5. The number of aliphatic hydroxyl groups is 1. The molecule has 1 atom stereocenters. The summed E-state index contributed by atoms with van der Waals surface area (Å²) in [4.78, 5) is 14.0. The molecule has 29 heavy (non-hydrogen) atoms. The lowest BCUT2D eigenvalue weighted by atomic mass is 10.1. The average molecular weight is 392 g/mol. The third kappa shape index (κ3) is 5.53. The van der Waals surface area contributed by atoms with E-state index >= 15 is 0 Å². The molecule has 0 radical (unpaired) electrons. The van der Waals surface area contributed by atoms with Crippen LogP contribution in [0.4, 0.5) is 10.5 Å². The van der Waals surface area contributed by atoms with Crippen molar-refractivity contribution in [1.82, 2.24) is 5.32 Å². The van der Waals surface area contributed by atoms with Gasteiger partial charge in [-0.3, -0.25) is 4.90 Å². The van der Waals surface area contributed by atoms with Crippen molar-refractivity contribution in [3.8, 4) is 23.3 Å². The monoisotopic (exact) mass is 392 g/mol. The van der Waals surface area contributed by atoms with E-state index in [1.807, 2.05) is 36.4 Å². The van der Waals surface area contributed by atoms with Crippen LogP contribution in [0.2, 0.25) is 0 Å². The van der Waals surface area contributed by atoms with Crippen LogP contribution in [0.15, 0.2) is 60.8 Å². The van der Waals surface area contributed by atoms with Gasteiger partial charge in [-0.2, -0.15) is 0 Å². The summed E-state index contributed by atoms with van der Waals surface area (Å²) in [6.07, 6.45) is 3.51. The predicted molar refractivity (Wildman–Crippen MR) is 112 cm³/mol. The minimum Gasteiger partial charge on any atom is -0.493 e. The van der Waals surface area contributed by atoms with Crippen LogP contribution in [0.1, 0.15) is 19.4 Å². The van der Waals surface area contributed by atoms with E-state index in [1.54, 1.807) is 38.2 Å². The zero-order valence-electron chi connectivity index (χ0n) is 16.7. The molecule has 0 aliphatic carbocycles. The van der Waals surface area contributed by atoms with E-state index in [4.69, 9.17) is 9.47 Å². The molecular weight excluding hydrogens is 368 g/mol. The number of benzene rings is 2. The lowest BCUT2D eigenvalue weighted by Gasteiger charge is -2.26. The molecule has 3 rings (SSSR count). The fraction of sp³-hybridized carbons (Fsp3) is 0.261. The zero-order chi connectivity index (χ0) is 20.9. The van der Waals surface area contributed by atoms with E-state index in [9.17, 15) is 9.90 Å². The number of rotatable bonds is 5. The average Bonchev–Trinajstić information content (AvgIpc) is 2.71. The molecule has 2 N–H and O–H groups in total. The number of hydrogen-bond donors (Lipinski definition) is 2. The topological polar surface area (TPSA) is 71.0 Å². The quantitative estimate of drug-likeness (QED) is 0.766. The normalized spacial score (nSPS) is 15.9. The van der Waals surface area contributed by atoms with E-state index < -0.39 is 5.60 Å². The number of amides is 2. The minimum absolute atomic E-state index is 0.120. The Morgan fingerprint density at radius 3 is 2.59 bits per heavy atom. The molecule has 6 heteroatoms. The number of carbonyl (C=O) groups is 1. The molecule has 0 saturated heterocycles. The summed E-state index contributed by atoms with van der Waals surface area (Å²) in [6, 6.07) is 14.1. The van der Waals surface area contributed by atoms with Crippen LogP contribution in [0, 0.1) is 11.8 Å². The summed E-state index contributed by atoms with van der Waals surface area (Å²) >= 11 is 0. The van der Waals surface area contributed by atoms with Crippen LogP contribution in [0.3, 0.4) is 0 Å². The number of urea groups is 1. The molecule has 1 unspecified atom stereocenters. The molecule has 1 aliphatic rings. The lowest BCUT2D eigenvalue weighted by molar-refractivity contribution is 0.0276. The Bertz CT molecular complexity index is 952. The smallest absolute Gasteiger partial charge is 0.327 e. The highest BCUT2D eigenvalue weighted by Gasteiger charge is 2.22. The molecule has 6 nitrogen and oxygen atoms in total. The van der Waals surface area contributed by atoms with Gasteiger partial charge in [-0.15, -0.1) is 0 Å². The minimum atomic E-state index is -0.963. The van der Waals surface area contributed by atoms with E-state index in [1.165, 1.54) is 12.0 Å². The molecule has 0 fully saturated rings. The Morgan fingerprint density at radius 1 is 1.17 bits per heavy atom. The van der Waals surface area contributed by atoms with Gasteiger partial charge in [-0.1, -0.05) is 30.0 Å². The summed E-state index contributed by atoms with van der Waals surface area (Å²) in [5.74, 6) is 7.05. The summed E-state index contributed by atoms with van der Waals surface area (Å²) in [6.45, 7) is 3.44. The maximum absolute atomic E-state index is 12.5. The lowest BCUT2D eigenvalue weighted by Crippen LogP contribution is -2.45. The first-order valence-electron chi connectivity index (χ1n) is 9.23. The molecule has 0 spiro atoms. The van der Waals surface area contributed by atoms with Crippen molar-refractivity contribution in [2.45, 2.75) is 25.5 Å². The molecule has 0 aromatic heterocycles. The van der Waals surface area contributed by atoms with Crippen molar-refractivity contribution in [1.29, 1.82) is 0 Å². The number of methoxy groups -OCH3 is 1. The van der Waals surface area contributed by atoms with Gasteiger partial charge in [0, 0.05) is 17.8 Å². The third-order valence-electron chi connectivity index (χ3n) is 4.08. The van der Waals surface area contributed by atoms with Crippen LogP contribution in [-0.4, -0.2) is 36.5 Å². The molecule has 2 aromatic rings. The SMILES string of the molecule is COc1cc(N2C=CC(C#Cc3ccccc3)NC2=O)ccc1OCC(C)(C)O. The van der Waals surface area contributed by atoms with Crippen LogP contribution in [0.25, 0.3) is 0 Å². The van der Waals surface area contributed by atoms with Crippen LogP contribution < -0.4 is 19.7 Å². The van der Waals surface area contributed by atoms with Gasteiger partial charge in [0.25, 0.3) is 0 Å². The molecule has 2 aromatic carbocycles. The zero-order valence-corrected chi connectivity index (χ0v) is 16.7. The second-order valence-corrected chi connectivity index (χ2v) is 7.21. The standard InChI is InChI=1S/C23H24N2O4/c1-23(2,27)16-29-20-12-11-19(15-21(20)28-3)25-14-13-18(24-22(25)26)10-9-17-7-5-4-6-8-17/h4-8,11-15,18,27H,16H2,1-3H3,(H,24,26). The Labute approximate surface area is 170 Å². The first-order chi connectivity index (χ1) is 13.9. The Kier molecular flexibility index (Phi) is 6.10. The van der Waals surface area contributed by atoms with Gasteiger partial charge in [-0.05, 0) is 44.2 Å². The molecule has 1 heterocycles. The Morgan fingerprint density at radius 2 is 1.93 bits per heavy atom. The number of hydrogen-bond acceptors (Lipinski definition) is 4. The summed E-state index contributed by atoms with van der Waals surface area (Å²) in [5, 5.41) is 12.7. The number of carbonyl (C=O) groups excluding carboxylic acids is 1. The highest BCUT2D eigenvalue weighted by atomic mass is 16.5. The Hall–Kier alpha value is -3.43. The van der Waals surface area contributed by atoms with Gasteiger partial charge >= 0.3 is 6.03 Å². The maximum Gasteiger partial charge on any atom is 0.327 e. The van der Waals surface area contributed by atoms with Crippen molar-refractivity contribution in [3.05, 3.63) is 66.4 Å². The van der Waals surface area contributed by atoms with Gasteiger partial charge in [0.2, 0.25) is 0 Å². The largest absolute Gasteiger partial charge is 0.493 e. The van der Waals surface area contributed by atoms with Gasteiger partial charge in [0.1, 0.15) is 12.6 Å².